The molecule has 2 aromatic carbocycles. The monoisotopic (exact) mass is 339 g/mol. The molecule has 0 heterocycles. The molecule has 0 fully saturated rings. The van der Waals surface area contributed by atoms with Crippen LogP contribution in [0.3, 0.4) is 0 Å². The SMILES string of the molecule is O=[N+]([O-])c1ccccc1CCOc1cc(F)ccc1Br. The van der Waals surface area contributed by atoms with Crippen LogP contribution in [0.5, 0.6) is 5.75 Å². The molecule has 0 unspecified atom stereocenters. The van der Waals surface area contributed by atoms with Crippen LogP contribution in [0.25, 0.3) is 0 Å². The van der Waals surface area contributed by atoms with Crippen LogP contribution in [-0.2, 0) is 6.42 Å². The fourth-order valence-corrected chi connectivity index (χ4v) is 2.12. The molecule has 6 heteroatoms. The van der Waals surface area contributed by atoms with E-state index in [9.17, 15) is 14.5 Å². The minimum absolute atomic E-state index is 0.0643. The van der Waals surface area contributed by atoms with Gasteiger partial charge in [0.2, 0.25) is 0 Å². The Morgan fingerprint density at radius 1 is 1.25 bits per heavy atom. The lowest BCUT2D eigenvalue weighted by molar-refractivity contribution is -0.385. The summed E-state index contributed by atoms with van der Waals surface area (Å²) in [6.45, 7) is 0.229. The van der Waals surface area contributed by atoms with Crippen molar-refractivity contribution in [2.45, 2.75) is 6.42 Å². The first-order chi connectivity index (χ1) is 9.58. The van der Waals surface area contributed by atoms with Gasteiger partial charge in [-0.25, -0.2) is 4.39 Å². The number of hydrogen-bond donors (Lipinski definition) is 0. The van der Waals surface area contributed by atoms with Gasteiger partial charge in [0.25, 0.3) is 5.69 Å². The van der Waals surface area contributed by atoms with Crippen molar-refractivity contribution in [1.29, 1.82) is 0 Å². The van der Waals surface area contributed by atoms with E-state index in [1.165, 1.54) is 18.2 Å². The van der Waals surface area contributed by atoms with E-state index in [1.807, 2.05) is 0 Å². The van der Waals surface area contributed by atoms with E-state index in [4.69, 9.17) is 4.74 Å². The largest absolute Gasteiger partial charge is 0.492 e. The summed E-state index contributed by atoms with van der Waals surface area (Å²) < 4.78 is 19.2. The Morgan fingerprint density at radius 3 is 2.75 bits per heavy atom. The van der Waals surface area contributed by atoms with Gasteiger partial charge in [-0.05, 0) is 28.1 Å². The first-order valence-electron chi connectivity index (χ1n) is 5.88. The summed E-state index contributed by atoms with van der Waals surface area (Å²) in [5.74, 6) is -0.0162. The highest BCUT2D eigenvalue weighted by Gasteiger charge is 2.12. The normalized spacial score (nSPS) is 10.3. The maximum atomic E-state index is 13.1. The minimum atomic E-state index is -0.423. The maximum absolute atomic E-state index is 13.1. The number of hydrogen-bond acceptors (Lipinski definition) is 3. The van der Waals surface area contributed by atoms with Crippen LogP contribution in [0.1, 0.15) is 5.56 Å². The standard InChI is InChI=1S/C14H11BrFNO3/c15-12-6-5-11(16)9-14(12)20-8-7-10-3-1-2-4-13(10)17(18)19/h1-6,9H,7-8H2. The second kappa shape index (κ2) is 6.47. The Labute approximate surface area is 123 Å². The Kier molecular flexibility index (Phi) is 4.68. The van der Waals surface area contributed by atoms with Crippen molar-refractivity contribution >= 4 is 21.6 Å². The van der Waals surface area contributed by atoms with Crippen LogP contribution in [0.15, 0.2) is 46.9 Å². The molecule has 0 atom stereocenters. The van der Waals surface area contributed by atoms with Crippen molar-refractivity contribution < 1.29 is 14.1 Å². The Hall–Kier alpha value is -1.95. The van der Waals surface area contributed by atoms with E-state index in [0.717, 1.165) is 0 Å². The second-order valence-corrected chi connectivity index (χ2v) is 4.91. The molecule has 0 saturated heterocycles. The molecule has 0 radical (unpaired) electrons. The molecule has 0 N–H and O–H groups in total. The molecular formula is C14H11BrFNO3. The van der Waals surface area contributed by atoms with E-state index in [0.29, 0.717) is 22.2 Å². The number of benzene rings is 2. The molecule has 20 heavy (non-hydrogen) atoms. The molecule has 0 aromatic heterocycles. The van der Waals surface area contributed by atoms with Crippen molar-refractivity contribution in [2.75, 3.05) is 6.61 Å². The molecule has 0 saturated carbocycles. The second-order valence-electron chi connectivity index (χ2n) is 4.06. The van der Waals surface area contributed by atoms with Crippen LogP contribution in [0, 0.1) is 15.9 Å². The maximum Gasteiger partial charge on any atom is 0.272 e. The van der Waals surface area contributed by atoms with Gasteiger partial charge in [0.15, 0.2) is 0 Å². The first kappa shape index (κ1) is 14.5. The summed E-state index contributed by atoms with van der Waals surface area (Å²) in [5.41, 5.74) is 0.652. The highest BCUT2D eigenvalue weighted by Crippen LogP contribution is 2.26. The molecule has 2 rings (SSSR count). The average Bonchev–Trinajstić information content (AvgIpc) is 2.43. The molecular weight excluding hydrogens is 329 g/mol. The lowest BCUT2D eigenvalue weighted by Crippen LogP contribution is -2.04. The van der Waals surface area contributed by atoms with Gasteiger partial charge < -0.3 is 4.74 Å². The van der Waals surface area contributed by atoms with E-state index >= 15 is 0 Å². The van der Waals surface area contributed by atoms with Crippen molar-refractivity contribution in [1.82, 2.24) is 0 Å². The Morgan fingerprint density at radius 2 is 2.00 bits per heavy atom. The van der Waals surface area contributed by atoms with Crippen molar-refractivity contribution in [2.24, 2.45) is 0 Å². The summed E-state index contributed by atoms with van der Waals surface area (Å²) >= 11 is 3.25. The van der Waals surface area contributed by atoms with Crippen LogP contribution < -0.4 is 4.74 Å². The number of nitro groups is 1. The summed E-state index contributed by atoms with van der Waals surface area (Å²) in [5, 5.41) is 10.9. The van der Waals surface area contributed by atoms with Gasteiger partial charge in [-0.15, -0.1) is 0 Å². The number of halogens is 2. The first-order valence-corrected chi connectivity index (χ1v) is 6.67. The summed E-state index contributed by atoms with van der Waals surface area (Å²) in [6.07, 6.45) is 0.375. The van der Waals surface area contributed by atoms with Crippen LogP contribution in [0.2, 0.25) is 0 Å². The third-order valence-corrected chi connectivity index (χ3v) is 3.37. The molecule has 0 spiro atoms. The lowest BCUT2D eigenvalue weighted by atomic mass is 10.1. The van der Waals surface area contributed by atoms with Crippen LogP contribution >= 0.6 is 15.9 Å². The van der Waals surface area contributed by atoms with Gasteiger partial charge in [-0.3, -0.25) is 10.1 Å². The van der Waals surface area contributed by atoms with Crippen molar-refractivity contribution in [3.05, 3.63) is 68.4 Å². The molecule has 2 aromatic rings. The van der Waals surface area contributed by atoms with Crippen LogP contribution in [-0.4, -0.2) is 11.5 Å². The molecule has 0 aliphatic rings. The minimum Gasteiger partial charge on any atom is -0.492 e. The highest BCUT2D eigenvalue weighted by atomic mass is 79.9. The fourth-order valence-electron chi connectivity index (χ4n) is 1.76. The van der Waals surface area contributed by atoms with Gasteiger partial charge in [0.1, 0.15) is 11.6 Å². The quantitative estimate of drug-likeness (QED) is 0.608. The third-order valence-electron chi connectivity index (χ3n) is 2.71. The van der Waals surface area contributed by atoms with Gasteiger partial charge >= 0.3 is 0 Å². The molecule has 0 aliphatic heterocycles. The molecule has 0 bridgehead atoms. The van der Waals surface area contributed by atoms with Gasteiger partial charge in [-0.2, -0.15) is 0 Å². The summed E-state index contributed by atoms with van der Waals surface area (Å²) in [7, 11) is 0. The van der Waals surface area contributed by atoms with Gasteiger partial charge in [0, 0.05) is 24.1 Å². The molecule has 0 aliphatic carbocycles. The van der Waals surface area contributed by atoms with E-state index < -0.39 is 10.7 Å². The Balaban J connectivity index is 2.03. The van der Waals surface area contributed by atoms with Crippen LogP contribution in [0.4, 0.5) is 10.1 Å². The Bertz CT molecular complexity index is 634. The lowest BCUT2D eigenvalue weighted by Gasteiger charge is -2.08. The number of para-hydroxylation sites is 1. The zero-order valence-corrected chi connectivity index (χ0v) is 12.0. The topological polar surface area (TPSA) is 52.4 Å². The summed E-state index contributed by atoms with van der Waals surface area (Å²) in [4.78, 5) is 10.4. The van der Waals surface area contributed by atoms with E-state index in [2.05, 4.69) is 15.9 Å². The number of nitro benzene ring substituents is 1. The van der Waals surface area contributed by atoms with E-state index in [1.54, 1.807) is 24.3 Å². The fraction of sp³-hybridized carbons (Fsp3) is 0.143. The molecule has 0 amide bonds. The number of nitrogens with zero attached hydrogens (tertiary/aromatic N) is 1. The highest BCUT2D eigenvalue weighted by molar-refractivity contribution is 9.10. The summed E-state index contributed by atoms with van der Waals surface area (Å²) in [6, 6.07) is 10.6. The smallest absolute Gasteiger partial charge is 0.272 e. The zero-order chi connectivity index (χ0) is 14.5. The average molecular weight is 340 g/mol. The third kappa shape index (κ3) is 3.54. The predicted molar refractivity (Wildman–Crippen MR) is 76.4 cm³/mol. The number of ether oxygens (including phenoxy) is 1. The number of rotatable bonds is 5. The van der Waals surface area contributed by atoms with Gasteiger partial charge in [-0.1, -0.05) is 18.2 Å². The van der Waals surface area contributed by atoms with Crippen molar-refractivity contribution in [3.63, 3.8) is 0 Å². The molecule has 4 nitrogen and oxygen atoms in total. The van der Waals surface area contributed by atoms with Crippen molar-refractivity contribution in [3.8, 4) is 5.75 Å². The van der Waals surface area contributed by atoms with E-state index in [-0.39, 0.29) is 12.3 Å². The predicted octanol–water partition coefficient (Wildman–Crippen LogP) is 4.12. The van der Waals surface area contributed by atoms with Gasteiger partial charge in [0.05, 0.1) is 16.0 Å². The zero-order valence-electron chi connectivity index (χ0n) is 10.4. The molecule has 104 valence electrons.